The average Bonchev–Trinajstić information content (AvgIpc) is 3.05. The van der Waals surface area contributed by atoms with Crippen LogP contribution in [0.5, 0.6) is 0 Å². The van der Waals surface area contributed by atoms with E-state index in [-0.39, 0.29) is 24.9 Å². The number of anilines is 2. The van der Waals surface area contributed by atoms with Crippen LogP contribution in [0.3, 0.4) is 0 Å². The number of nitrogens with one attached hydrogen (secondary N) is 2. The highest BCUT2D eigenvalue weighted by atomic mass is 32.2. The third-order valence-corrected chi connectivity index (χ3v) is 8.99. The predicted molar refractivity (Wildman–Crippen MR) is 122 cm³/mol. The molecule has 3 saturated heterocycles. The van der Waals surface area contributed by atoms with E-state index in [1.807, 2.05) is 13.0 Å². The number of fused-ring (bicyclic) bond motifs is 1. The van der Waals surface area contributed by atoms with Crippen molar-refractivity contribution in [1.82, 2.24) is 24.6 Å². The van der Waals surface area contributed by atoms with Gasteiger partial charge in [-0.2, -0.15) is 0 Å². The maximum absolute atomic E-state index is 14.8. The van der Waals surface area contributed by atoms with Gasteiger partial charge in [-0.1, -0.05) is 0 Å². The molecule has 0 radical (unpaired) electrons. The molecule has 180 valence electrons. The van der Waals surface area contributed by atoms with E-state index >= 15 is 0 Å². The summed E-state index contributed by atoms with van der Waals surface area (Å²) in [5, 5.41) is 7.04. The number of aryl methyl sites for hydroxylation is 1. The van der Waals surface area contributed by atoms with Crippen molar-refractivity contribution in [3.05, 3.63) is 18.0 Å². The molecule has 3 fully saturated rings. The van der Waals surface area contributed by atoms with Crippen LogP contribution in [0, 0.1) is 12.3 Å². The number of nitrogens with zero attached hydrogens (tertiary/aromatic N) is 5. The average molecular weight is 482 g/mol. The van der Waals surface area contributed by atoms with Gasteiger partial charge in [0.1, 0.15) is 5.52 Å². The van der Waals surface area contributed by atoms with E-state index in [1.165, 1.54) is 4.31 Å². The lowest BCUT2D eigenvalue weighted by atomic mass is 9.78. The van der Waals surface area contributed by atoms with E-state index < -0.39 is 21.4 Å². The van der Waals surface area contributed by atoms with Gasteiger partial charge in [0.05, 0.1) is 17.7 Å². The molecule has 0 aliphatic carbocycles. The monoisotopic (exact) mass is 481 g/mol. The number of piperidine rings is 1. The number of rotatable bonds is 5. The van der Waals surface area contributed by atoms with Gasteiger partial charge in [0.2, 0.25) is 16.0 Å². The fourth-order valence-corrected chi connectivity index (χ4v) is 6.11. The van der Waals surface area contributed by atoms with E-state index in [0.717, 1.165) is 11.1 Å². The van der Waals surface area contributed by atoms with Crippen LogP contribution in [0.25, 0.3) is 10.9 Å². The van der Waals surface area contributed by atoms with E-state index in [4.69, 9.17) is 0 Å². The molecule has 0 aromatic carbocycles. The molecule has 0 saturated carbocycles. The van der Waals surface area contributed by atoms with Crippen molar-refractivity contribution in [3.8, 4) is 0 Å². The number of halogens is 2. The van der Waals surface area contributed by atoms with E-state index in [9.17, 15) is 17.2 Å². The first-order valence-electron chi connectivity index (χ1n) is 11.3. The Morgan fingerprint density at radius 2 is 1.94 bits per heavy atom. The Morgan fingerprint density at radius 3 is 2.55 bits per heavy atom. The van der Waals surface area contributed by atoms with Gasteiger partial charge in [-0.05, 0) is 32.8 Å². The van der Waals surface area contributed by atoms with Gasteiger partial charge in [0.25, 0.3) is 5.92 Å². The van der Waals surface area contributed by atoms with Crippen molar-refractivity contribution in [2.45, 2.75) is 38.7 Å². The molecule has 9 nitrogen and oxygen atoms in total. The van der Waals surface area contributed by atoms with Crippen molar-refractivity contribution in [2.75, 3.05) is 55.2 Å². The number of aromatic nitrogens is 3. The van der Waals surface area contributed by atoms with Gasteiger partial charge in [0, 0.05) is 56.0 Å². The van der Waals surface area contributed by atoms with Gasteiger partial charge in [0.15, 0.2) is 5.82 Å². The quantitative estimate of drug-likeness (QED) is 0.664. The minimum atomic E-state index is -3.19. The zero-order chi connectivity index (χ0) is 23.4. The molecule has 0 bridgehead atoms. The molecule has 2 N–H and O–H groups in total. The van der Waals surface area contributed by atoms with Gasteiger partial charge in [-0.25, -0.2) is 36.5 Å². The number of pyridine rings is 1. The van der Waals surface area contributed by atoms with Crippen LogP contribution >= 0.6 is 0 Å². The first-order valence-corrected chi connectivity index (χ1v) is 13.0. The van der Waals surface area contributed by atoms with Crippen molar-refractivity contribution in [2.24, 2.45) is 5.41 Å². The van der Waals surface area contributed by atoms with Gasteiger partial charge in [-0.3, -0.25) is 0 Å². The normalized spacial score (nSPS) is 23.2. The second-order valence-electron chi connectivity index (χ2n) is 9.38. The third kappa shape index (κ3) is 3.91. The molecule has 0 amide bonds. The minimum Gasteiger partial charge on any atom is -0.351 e. The zero-order valence-electron chi connectivity index (χ0n) is 18.8. The molecule has 1 spiro atoms. The Balaban J connectivity index is 1.38. The Kier molecular flexibility index (Phi) is 5.44. The largest absolute Gasteiger partial charge is 0.351 e. The number of sulfonamides is 1. The first-order chi connectivity index (χ1) is 15.6. The van der Waals surface area contributed by atoms with Crippen LogP contribution in [0.15, 0.2) is 12.3 Å². The van der Waals surface area contributed by atoms with Crippen LogP contribution in [-0.2, 0) is 10.0 Å². The molecule has 5 heterocycles. The molecular weight excluding hydrogens is 452 g/mol. The molecule has 2 aromatic heterocycles. The molecule has 33 heavy (non-hydrogen) atoms. The van der Waals surface area contributed by atoms with E-state index in [0.29, 0.717) is 56.3 Å². The molecule has 2 aromatic rings. The van der Waals surface area contributed by atoms with Gasteiger partial charge >= 0.3 is 0 Å². The zero-order valence-corrected chi connectivity index (χ0v) is 19.6. The highest BCUT2D eigenvalue weighted by Crippen LogP contribution is 2.48. The highest BCUT2D eigenvalue weighted by Gasteiger charge is 2.63. The van der Waals surface area contributed by atoms with Crippen LogP contribution in [0.2, 0.25) is 0 Å². The Hall–Kier alpha value is -2.18. The summed E-state index contributed by atoms with van der Waals surface area (Å²) in [6, 6.07) is 1.89. The summed E-state index contributed by atoms with van der Waals surface area (Å²) < 4.78 is 55.3. The SMILES string of the molecule is CCS(=O)(=O)N1CCC(Nc2ncc3cc(C)nc(N4CC(F)(F)C5(CNC5)C4)c3n2)CC1. The molecule has 5 rings (SSSR count). The van der Waals surface area contributed by atoms with E-state index in [1.54, 1.807) is 18.0 Å². The van der Waals surface area contributed by atoms with Gasteiger partial charge < -0.3 is 15.5 Å². The maximum Gasteiger partial charge on any atom is 0.274 e. The third-order valence-electron chi connectivity index (χ3n) is 7.11. The summed E-state index contributed by atoms with van der Waals surface area (Å²) in [4.78, 5) is 15.3. The summed E-state index contributed by atoms with van der Waals surface area (Å²) in [5.74, 6) is -1.84. The predicted octanol–water partition coefficient (Wildman–Crippen LogP) is 1.60. The lowest BCUT2D eigenvalue weighted by molar-refractivity contribution is -0.107. The van der Waals surface area contributed by atoms with Crippen molar-refractivity contribution >= 4 is 32.7 Å². The molecule has 3 aliphatic heterocycles. The molecule has 12 heteroatoms. The van der Waals surface area contributed by atoms with Crippen LogP contribution in [0.1, 0.15) is 25.5 Å². The lowest BCUT2D eigenvalue weighted by Gasteiger charge is -2.42. The Labute approximate surface area is 192 Å². The summed E-state index contributed by atoms with van der Waals surface area (Å²) in [6.45, 7) is 4.84. The van der Waals surface area contributed by atoms with Crippen molar-refractivity contribution in [1.29, 1.82) is 0 Å². The molecular formula is C21H29F2N7O2S. The molecule has 0 atom stereocenters. The Morgan fingerprint density at radius 1 is 1.21 bits per heavy atom. The number of hydrogen-bond acceptors (Lipinski definition) is 8. The van der Waals surface area contributed by atoms with Crippen LogP contribution < -0.4 is 15.5 Å². The maximum atomic E-state index is 14.8. The van der Waals surface area contributed by atoms with Crippen LogP contribution in [0.4, 0.5) is 20.5 Å². The van der Waals surface area contributed by atoms with Crippen molar-refractivity contribution < 1.29 is 17.2 Å². The van der Waals surface area contributed by atoms with Crippen molar-refractivity contribution in [3.63, 3.8) is 0 Å². The minimum absolute atomic E-state index is 0.0352. The highest BCUT2D eigenvalue weighted by molar-refractivity contribution is 7.89. The first kappa shape index (κ1) is 22.6. The van der Waals surface area contributed by atoms with E-state index in [2.05, 4.69) is 25.6 Å². The van der Waals surface area contributed by atoms with Gasteiger partial charge in [-0.15, -0.1) is 0 Å². The molecule has 3 aliphatic rings. The lowest BCUT2D eigenvalue weighted by Crippen LogP contribution is -2.62. The summed E-state index contributed by atoms with van der Waals surface area (Å²) in [7, 11) is -3.19. The second kappa shape index (κ2) is 7.95. The second-order valence-corrected chi connectivity index (χ2v) is 11.6. The summed E-state index contributed by atoms with van der Waals surface area (Å²) >= 11 is 0. The standard InChI is InChI=1S/C21H29F2N7O2S/c1-3-33(31,32)30-6-4-16(5-7-30)27-19-25-9-15-8-14(2)26-18(17(15)28-19)29-12-20(10-24-11-20)21(22,23)13-29/h8-9,16,24H,3-7,10-13H2,1-2H3,(H,25,27,28). The topological polar surface area (TPSA) is 103 Å². The summed E-state index contributed by atoms with van der Waals surface area (Å²) in [5.41, 5.74) is 0.220. The fourth-order valence-electron chi connectivity index (χ4n) is 4.98. The molecule has 0 unspecified atom stereocenters. The fraction of sp³-hybridized carbons (Fsp3) is 0.667. The summed E-state index contributed by atoms with van der Waals surface area (Å²) in [6.07, 6.45) is 2.98. The van der Waals surface area contributed by atoms with Crippen LogP contribution in [-0.4, -0.2) is 84.7 Å². The smallest absolute Gasteiger partial charge is 0.274 e. The number of alkyl halides is 2. The Bertz CT molecular complexity index is 1160. The number of hydrogen-bond donors (Lipinski definition) is 2.